The van der Waals surface area contributed by atoms with Crippen LogP contribution in [0.4, 0.5) is 0 Å². The predicted molar refractivity (Wildman–Crippen MR) is 152 cm³/mol. The Bertz CT molecular complexity index is 1840. The van der Waals surface area contributed by atoms with Crippen LogP contribution in [-0.2, 0) is 25.4 Å². The predicted octanol–water partition coefficient (Wildman–Crippen LogP) is -1.34. The van der Waals surface area contributed by atoms with E-state index in [0.29, 0.717) is 48.9 Å². The third-order valence-electron chi connectivity index (χ3n) is 7.80. The number of aliphatic hydroxyl groups is 4. The SMILES string of the molecule is Cn1c(=O)c2ncn(CCCCCNC(=O)c3cc4ccc([C@@H]5O[C@H](CO)[C@H](O)[C@H](O)[C@H]5O)cc4oc3=O)c2n(C)c1=O. The molecule has 0 aliphatic carbocycles. The summed E-state index contributed by atoms with van der Waals surface area (Å²) >= 11 is 0. The molecule has 230 valence electrons. The summed E-state index contributed by atoms with van der Waals surface area (Å²) in [6.45, 7) is 0.245. The summed E-state index contributed by atoms with van der Waals surface area (Å²) in [4.78, 5) is 54.1. The van der Waals surface area contributed by atoms with Gasteiger partial charge in [0.15, 0.2) is 5.52 Å². The minimum absolute atomic E-state index is 0.124. The molecule has 0 unspecified atom stereocenters. The lowest BCUT2D eigenvalue weighted by atomic mass is 9.91. The molecule has 0 spiro atoms. The molecule has 5 rings (SSSR count). The molecule has 15 heteroatoms. The van der Waals surface area contributed by atoms with Crippen LogP contribution in [0, 0.1) is 0 Å². The number of carbonyl (C=O) groups excluding carboxylic acids is 1. The number of carbonyl (C=O) groups is 1. The van der Waals surface area contributed by atoms with Crippen molar-refractivity contribution in [2.45, 2.75) is 56.3 Å². The quantitative estimate of drug-likeness (QED) is 0.112. The number of ether oxygens (including phenoxy) is 1. The van der Waals surface area contributed by atoms with Gasteiger partial charge in [-0.25, -0.2) is 14.6 Å². The molecule has 15 nitrogen and oxygen atoms in total. The maximum atomic E-state index is 12.7. The van der Waals surface area contributed by atoms with E-state index in [1.54, 1.807) is 23.7 Å². The van der Waals surface area contributed by atoms with E-state index in [1.165, 1.54) is 30.1 Å². The molecule has 1 aliphatic heterocycles. The van der Waals surface area contributed by atoms with Crippen LogP contribution >= 0.6 is 0 Å². The average molecular weight is 600 g/mol. The van der Waals surface area contributed by atoms with E-state index < -0.39 is 59.9 Å². The molecule has 1 aliphatic rings. The number of aryl methyl sites for hydroxylation is 2. The summed E-state index contributed by atoms with van der Waals surface area (Å²) in [7, 11) is 2.99. The Morgan fingerprint density at radius 2 is 1.77 bits per heavy atom. The highest BCUT2D eigenvalue weighted by atomic mass is 16.5. The zero-order valence-electron chi connectivity index (χ0n) is 23.5. The zero-order valence-corrected chi connectivity index (χ0v) is 23.5. The van der Waals surface area contributed by atoms with Crippen molar-refractivity contribution in [1.82, 2.24) is 24.0 Å². The molecule has 5 N–H and O–H groups in total. The summed E-state index contributed by atoms with van der Waals surface area (Å²) in [6.07, 6.45) is -3.18. The highest BCUT2D eigenvalue weighted by Crippen LogP contribution is 2.33. The van der Waals surface area contributed by atoms with Gasteiger partial charge in [0.2, 0.25) is 0 Å². The first-order valence-electron chi connectivity index (χ1n) is 13.8. The van der Waals surface area contributed by atoms with E-state index in [2.05, 4.69) is 10.3 Å². The molecule has 0 radical (unpaired) electrons. The maximum Gasteiger partial charge on any atom is 0.349 e. The lowest BCUT2D eigenvalue weighted by Crippen LogP contribution is -2.55. The van der Waals surface area contributed by atoms with Crippen LogP contribution in [0.3, 0.4) is 0 Å². The molecule has 0 saturated carbocycles. The first-order valence-corrected chi connectivity index (χ1v) is 13.8. The number of nitrogens with one attached hydrogen (secondary N) is 1. The van der Waals surface area contributed by atoms with Gasteiger partial charge >= 0.3 is 11.3 Å². The third-order valence-corrected chi connectivity index (χ3v) is 7.80. The standard InChI is InChI=1S/C28H33N5O10/c1-31-25-19(26(39)32(2)28(31)41)30-13-33(25)9-5-3-4-8-29-24(38)16-10-14-6-7-15(11-17(14)43-27(16)40)23-22(37)21(36)20(35)18(12-34)42-23/h6-7,10-11,13,18,20-23,34-37H,3-5,8-9,12H2,1-2H3,(H,29,38)/t18-,20+,21+,22-,23+/m1/s1. The molecule has 1 saturated heterocycles. The monoisotopic (exact) mass is 599 g/mol. The normalized spacial score (nSPS) is 22.3. The van der Waals surface area contributed by atoms with Gasteiger partial charge in [-0.2, -0.15) is 0 Å². The molecule has 5 atom stereocenters. The van der Waals surface area contributed by atoms with Gasteiger partial charge in [0.1, 0.15) is 47.3 Å². The number of aliphatic hydroxyl groups excluding tert-OH is 4. The second kappa shape index (κ2) is 12.2. The minimum Gasteiger partial charge on any atom is -0.422 e. The van der Waals surface area contributed by atoms with Crippen LogP contribution in [0.2, 0.25) is 0 Å². The van der Waals surface area contributed by atoms with E-state index >= 15 is 0 Å². The van der Waals surface area contributed by atoms with E-state index in [4.69, 9.17) is 9.15 Å². The number of unbranched alkanes of at least 4 members (excludes halogenated alkanes) is 2. The van der Waals surface area contributed by atoms with Gasteiger partial charge in [-0.1, -0.05) is 12.1 Å². The number of fused-ring (bicyclic) bond motifs is 2. The Morgan fingerprint density at radius 1 is 1.00 bits per heavy atom. The fraction of sp³-hybridized carbons (Fsp3) is 0.464. The number of imidazole rings is 1. The summed E-state index contributed by atoms with van der Waals surface area (Å²) in [5.74, 6) is -0.597. The highest BCUT2D eigenvalue weighted by molar-refractivity contribution is 5.96. The summed E-state index contributed by atoms with van der Waals surface area (Å²) in [5, 5.41) is 43.1. The van der Waals surface area contributed by atoms with Crippen LogP contribution < -0.4 is 22.2 Å². The molecule has 1 amide bonds. The van der Waals surface area contributed by atoms with Crippen LogP contribution in [0.1, 0.15) is 41.3 Å². The fourth-order valence-corrected chi connectivity index (χ4v) is 5.32. The van der Waals surface area contributed by atoms with Gasteiger partial charge < -0.3 is 39.5 Å². The molecule has 0 bridgehead atoms. The zero-order chi connectivity index (χ0) is 31.0. The van der Waals surface area contributed by atoms with Gasteiger partial charge in [-0.05, 0) is 37.0 Å². The van der Waals surface area contributed by atoms with Gasteiger partial charge in [-0.15, -0.1) is 0 Å². The smallest absolute Gasteiger partial charge is 0.349 e. The highest BCUT2D eigenvalue weighted by Gasteiger charge is 2.44. The second-order valence-electron chi connectivity index (χ2n) is 10.6. The van der Waals surface area contributed by atoms with Crippen molar-refractivity contribution in [3.05, 3.63) is 73.0 Å². The Labute approximate surface area is 243 Å². The van der Waals surface area contributed by atoms with Crippen molar-refractivity contribution < 1.29 is 34.4 Å². The van der Waals surface area contributed by atoms with Crippen molar-refractivity contribution in [3.8, 4) is 0 Å². The Morgan fingerprint density at radius 3 is 2.51 bits per heavy atom. The van der Waals surface area contributed by atoms with E-state index in [0.717, 1.165) is 4.57 Å². The van der Waals surface area contributed by atoms with Crippen molar-refractivity contribution in [1.29, 1.82) is 0 Å². The molecule has 1 aromatic carbocycles. The topological polar surface area (TPSA) is 211 Å². The number of hydrogen-bond acceptors (Lipinski definition) is 11. The number of rotatable bonds is 9. The summed E-state index contributed by atoms with van der Waals surface area (Å²) in [6, 6.07) is 5.96. The lowest BCUT2D eigenvalue weighted by Gasteiger charge is -2.40. The number of nitrogens with zero attached hydrogens (tertiary/aromatic N) is 4. The molecule has 4 aromatic rings. The molecular formula is C28H33N5O10. The van der Waals surface area contributed by atoms with Gasteiger partial charge in [0, 0.05) is 32.6 Å². The van der Waals surface area contributed by atoms with E-state index in [-0.39, 0.29) is 16.7 Å². The number of benzene rings is 1. The van der Waals surface area contributed by atoms with Gasteiger partial charge in [0.05, 0.1) is 12.9 Å². The first kappa shape index (κ1) is 30.3. The summed E-state index contributed by atoms with van der Waals surface area (Å²) < 4.78 is 15.1. The minimum atomic E-state index is -1.55. The molecule has 1 fully saturated rings. The van der Waals surface area contributed by atoms with Crippen molar-refractivity contribution in [2.75, 3.05) is 13.2 Å². The largest absolute Gasteiger partial charge is 0.422 e. The van der Waals surface area contributed by atoms with Gasteiger partial charge in [0.25, 0.3) is 11.5 Å². The Balaban J connectivity index is 1.18. The van der Waals surface area contributed by atoms with Crippen LogP contribution in [0.15, 0.2) is 49.4 Å². The Hall–Kier alpha value is -4.15. The first-order chi connectivity index (χ1) is 20.5. The second-order valence-corrected chi connectivity index (χ2v) is 10.6. The van der Waals surface area contributed by atoms with Crippen LogP contribution in [0.5, 0.6) is 0 Å². The van der Waals surface area contributed by atoms with Crippen molar-refractivity contribution >= 4 is 28.0 Å². The van der Waals surface area contributed by atoms with Crippen LogP contribution in [0.25, 0.3) is 22.1 Å². The molecule has 4 heterocycles. The van der Waals surface area contributed by atoms with E-state index in [9.17, 15) is 39.6 Å². The van der Waals surface area contributed by atoms with Crippen LogP contribution in [-0.4, -0.2) is 82.6 Å². The number of aromatic nitrogens is 4. The summed E-state index contributed by atoms with van der Waals surface area (Å²) in [5.41, 5.74) is -0.793. The van der Waals surface area contributed by atoms with E-state index in [1.807, 2.05) is 0 Å². The Kier molecular flexibility index (Phi) is 8.62. The van der Waals surface area contributed by atoms with Crippen molar-refractivity contribution in [2.24, 2.45) is 14.1 Å². The molecule has 43 heavy (non-hydrogen) atoms. The third kappa shape index (κ3) is 5.64. The lowest BCUT2D eigenvalue weighted by molar-refractivity contribution is -0.231. The molecule has 3 aromatic heterocycles. The number of amides is 1. The maximum absolute atomic E-state index is 12.7. The molecular weight excluding hydrogens is 566 g/mol. The number of hydrogen-bond donors (Lipinski definition) is 5. The average Bonchev–Trinajstić information content (AvgIpc) is 3.43. The van der Waals surface area contributed by atoms with Gasteiger partial charge in [-0.3, -0.25) is 18.7 Å². The van der Waals surface area contributed by atoms with Crippen molar-refractivity contribution in [3.63, 3.8) is 0 Å². The fourth-order valence-electron chi connectivity index (χ4n) is 5.32.